The van der Waals surface area contributed by atoms with Crippen LogP contribution in [0.15, 0.2) is 146 Å². The van der Waals surface area contributed by atoms with Gasteiger partial charge in [0, 0.05) is 39.0 Å². The molecule has 0 atom stereocenters. The Bertz CT molecular complexity index is 2460. The van der Waals surface area contributed by atoms with Crippen LogP contribution >= 0.6 is 0 Å². The minimum Gasteiger partial charge on any atom is -0.313 e. The molecular weight excluding hydrogens is 617 g/mol. The second kappa shape index (κ2) is 12.2. The van der Waals surface area contributed by atoms with E-state index in [1.54, 1.807) is 0 Å². The minimum absolute atomic E-state index is 0.103. The summed E-state index contributed by atoms with van der Waals surface area (Å²) in [4.78, 5) is 2.40. The summed E-state index contributed by atoms with van der Waals surface area (Å²) in [6.07, 6.45) is 9.89. The maximum atomic E-state index is 4.40. The molecule has 6 aromatic rings. The van der Waals surface area contributed by atoms with E-state index in [-0.39, 0.29) is 10.8 Å². The highest BCUT2D eigenvalue weighted by molar-refractivity contribution is 6.11. The fourth-order valence-corrected chi connectivity index (χ4v) is 8.97. The van der Waals surface area contributed by atoms with Crippen molar-refractivity contribution >= 4 is 44.5 Å². The Labute approximate surface area is 303 Å². The van der Waals surface area contributed by atoms with Crippen molar-refractivity contribution in [1.82, 2.24) is 4.57 Å². The molecule has 1 heterocycles. The van der Waals surface area contributed by atoms with Crippen LogP contribution in [0.1, 0.15) is 77.1 Å². The Hall–Kier alpha value is -5.34. The lowest BCUT2D eigenvalue weighted by Crippen LogP contribution is -2.18. The number of rotatable bonds is 7. The molecule has 8 rings (SSSR count). The quantitative estimate of drug-likeness (QED) is 0.154. The van der Waals surface area contributed by atoms with Crippen molar-refractivity contribution < 1.29 is 0 Å². The van der Waals surface area contributed by atoms with Crippen LogP contribution in [-0.2, 0) is 10.8 Å². The fourth-order valence-electron chi connectivity index (χ4n) is 8.97. The van der Waals surface area contributed by atoms with Crippen LogP contribution in [0, 0.1) is 5.92 Å². The molecule has 0 aliphatic heterocycles. The van der Waals surface area contributed by atoms with Crippen molar-refractivity contribution in [3.8, 4) is 11.1 Å². The van der Waals surface area contributed by atoms with Gasteiger partial charge in [-0.05, 0) is 112 Å². The molecule has 0 bridgehead atoms. The normalized spacial score (nSPS) is 16.9. The summed E-state index contributed by atoms with van der Waals surface area (Å²) < 4.78 is 2.45. The predicted molar refractivity (Wildman–Crippen MR) is 221 cm³/mol. The molecule has 0 unspecified atom stereocenters. The van der Waals surface area contributed by atoms with Crippen molar-refractivity contribution in [1.29, 1.82) is 0 Å². The number of para-hydroxylation sites is 1. The molecular formula is C49H48N2. The van der Waals surface area contributed by atoms with Gasteiger partial charge in [-0.3, -0.25) is 0 Å². The largest absolute Gasteiger partial charge is 0.313 e. The third-order valence-corrected chi connectivity index (χ3v) is 11.4. The predicted octanol–water partition coefficient (Wildman–Crippen LogP) is 13.6. The fraction of sp³-hybridized carbons (Fsp3) is 0.224. The van der Waals surface area contributed by atoms with E-state index in [1.807, 2.05) is 6.08 Å². The molecule has 0 spiro atoms. The van der Waals surface area contributed by atoms with Gasteiger partial charge in [-0.2, -0.15) is 0 Å². The summed E-state index contributed by atoms with van der Waals surface area (Å²) in [5.41, 5.74) is 16.6. The Balaban J connectivity index is 1.35. The van der Waals surface area contributed by atoms with E-state index in [0.717, 1.165) is 23.5 Å². The van der Waals surface area contributed by atoms with Gasteiger partial charge in [0.1, 0.15) is 0 Å². The van der Waals surface area contributed by atoms with Crippen LogP contribution in [0.5, 0.6) is 0 Å². The van der Waals surface area contributed by atoms with E-state index < -0.39 is 0 Å². The topological polar surface area (TPSA) is 8.17 Å². The van der Waals surface area contributed by atoms with Crippen molar-refractivity contribution in [2.24, 2.45) is 5.92 Å². The maximum Gasteiger partial charge on any atom is 0.0539 e. The van der Waals surface area contributed by atoms with E-state index >= 15 is 0 Å². The maximum absolute atomic E-state index is 4.40. The number of benzene rings is 5. The number of aromatic nitrogens is 1. The summed E-state index contributed by atoms with van der Waals surface area (Å²) in [6, 6.07) is 40.6. The second-order valence-electron chi connectivity index (χ2n) is 15.8. The number of anilines is 2. The molecule has 254 valence electrons. The molecule has 2 aliphatic carbocycles. The average molecular weight is 665 g/mol. The summed E-state index contributed by atoms with van der Waals surface area (Å²) in [6.45, 7) is 20.5. The Kier molecular flexibility index (Phi) is 7.83. The Morgan fingerprint density at radius 3 is 2.08 bits per heavy atom. The van der Waals surface area contributed by atoms with E-state index in [2.05, 4.69) is 192 Å². The molecule has 0 saturated heterocycles. The zero-order valence-corrected chi connectivity index (χ0v) is 31.1. The van der Waals surface area contributed by atoms with Crippen molar-refractivity contribution in [2.75, 3.05) is 4.90 Å². The Morgan fingerprint density at radius 1 is 0.706 bits per heavy atom. The molecule has 5 aromatic carbocycles. The molecule has 1 aromatic heterocycles. The third kappa shape index (κ3) is 5.15. The first-order valence-electron chi connectivity index (χ1n) is 18.4. The SMILES string of the molecule is C=C/C(=C\C=C1/CC(C)(C)c2ccccc21)N(c1ccc2c(c1)C(C)(C)c1ccccc1-2)c1ccc2c(c1)c1ccccc1n2/C(=C/C)C(C)C. The lowest BCUT2D eigenvalue weighted by molar-refractivity contribution is 0.563. The highest BCUT2D eigenvalue weighted by atomic mass is 15.1. The van der Waals surface area contributed by atoms with Gasteiger partial charge in [-0.1, -0.05) is 133 Å². The molecule has 0 amide bonds. The number of allylic oxidation sites excluding steroid dienone is 6. The molecule has 51 heavy (non-hydrogen) atoms. The number of hydrogen-bond acceptors (Lipinski definition) is 1. The van der Waals surface area contributed by atoms with Crippen molar-refractivity contribution in [2.45, 2.75) is 65.7 Å². The Morgan fingerprint density at radius 2 is 1.33 bits per heavy atom. The lowest BCUT2D eigenvalue weighted by Gasteiger charge is -2.29. The van der Waals surface area contributed by atoms with Crippen molar-refractivity contribution in [3.63, 3.8) is 0 Å². The van der Waals surface area contributed by atoms with E-state index in [0.29, 0.717) is 5.92 Å². The van der Waals surface area contributed by atoms with Gasteiger partial charge in [0.25, 0.3) is 0 Å². The van der Waals surface area contributed by atoms with Crippen LogP contribution in [0.2, 0.25) is 0 Å². The number of nitrogens with zero attached hydrogens (tertiary/aromatic N) is 2. The average Bonchev–Trinajstić information content (AvgIpc) is 3.68. The molecule has 2 heteroatoms. The van der Waals surface area contributed by atoms with Crippen LogP contribution < -0.4 is 4.90 Å². The standard InChI is InChI=1S/C49H48N2/c1-9-34(24-23-33-31-48(5,6)42-20-14-11-17-37(33)42)50(36-25-27-39-38-18-12-15-21-43(38)49(7,8)44(39)30-36)35-26-28-47-41(29-35)40-19-13-16-22-46(40)51(47)45(10-2)32(3)4/h9-30,32H,1,31H2,2-8H3/b33-23+,34-24+,45-10+. The van der Waals surface area contributed by atoms with Gasteiger partial charge in [0.2, 0.25) is 0 Å². The number of fused-ring (bicyclic) bond motifs is 7. The summed E-state index contributed by atoms with van der Waals surface area (Å²) in [7, 11) is 0. The van der Waals surface area contributed by atoms with Gasteiger partial charge < -0.3 is 9.47 Å². The second-order valence-corrected chi connectivity index (χ2v) is 15.8. The zero-order chi connectivity index (χ0) is 35.7. The first kappa shape index (κ1) is 32.8. The highest BCUT2D eigenvalue weighted by Crippen LogP contribution is 2.51. The minimum atomic E-state index is -0.107. The molecule has 2 nitrogen and oxygen atoms in total. The molecule has 0 fully saturated rings. The number of hydrogen-bond donors (Lipinski definition) is 0. The molecule has 0 saturated carbocycles. The smallest absolute Gasteiger partial charge is 0.0539 e. The van der Waals surface area contributed by atoms with Gasteiger partial charge in [0.05, 0.1) is 11.0 Å². The van der Waals surface area contributed by atoms with E-state index in [9.17, 15) is 0 Å². The summed E-state index contributed by atoms with van der Waals surface area (Å²) in [5, 5.41) is 2.51. The summed E-state index contributed by atoms with van der Waals surface area (Å²) in [5.74, 6) is 0.387. The van der Waals surface area contributed by atoms with Gasteiger partial charge in [-0.25, -0.2) is 0 Å². The van der Waals surface area contributed by atoms with Crippen LogP contribution in [0.25, 0.3) is 44.2 Å². The van der Waals surface area contributed by atoms with Gasteiger partial charge in [-0.15, -0.1) is 0 Å². The van der Waals surface area contributed by atoms with Crippen LogP contribution in [0.4, 0.5) is 11.4 Å². The monoisotopic (exact) mass is 664 g/mol. The first-order valence-corrected chi connectivity index (χ1v) is 18.4. The molecule has 2 aliphatic rings. The van der Waals surface area contributed by atoms with Crippen LogP contribution in [-0.4, -0.2) is 4.57 Å². The van der Waals surface area contributed by atoms with Gasteiger partial charge >= 0.3 is 0 Å². The zero-order valence-electron chi connectivity index (χ0n) is 31.1. The van der Waals surface area contributed by atoms with E-state index in [4.69, 9.17) is 0 Å². The third-order valence-electron chi connectivity index (χ3n) is 11.4. The highest BCUT2D eigenvalue weighted by Gasteiger charge is 2.36. The first-order chi connectivity index (χ1) is 24.5. The molecule has 0 radical (unpaired) electrons. The van der Waals surface area contributed by atoms with Gasteiger partial charge in [0.15, 0.2) is 0 Å². The van der Waals surface area contributed by atoms with Crippen molar-refractivity contribution in [3.05, 3.63) is 168 Å². The lowest BCUT2D eigenvalue weighted by atomic mass is 9.82. The van der Waals surface area contributed by atoms with Crippen LogP contribution in [0.3, 0.4) is 0 Å². The molecule has 0 N–H and O–H groups in total. The summed E-state index contributed by atoms with van der Waals surface area (Å²) >= 11 is 0. The van der Waals surface area contributed by atoms with E-state index in [1.165, 1.54) is 66.5 Å².